The van der Waals surface area contributed by atoms with E-state index < -0.39 is 0 Å². The maximum absolute atomic E-state index is 9.73. The van der Waals surface area contributed by atoms with Gasteiger partial charge in [-0.2, -0.15) is 10.2 Å². The van der Waals surface area contributed by atoms with Crippen LogP contribution in [0.15, 0.2) is 12.1 Å². The van der Waals surface area contributed by atoms with E-state index in [4.69, 9.17) is 0 Å². The largest absolute Gasteiger partial charge is 0.392 e. The smallest absolute Gasteiger partial charge is 0.0947 e. The highest BCUT2D eigenvalue weighted by Gasteiger charge is 2.13. The summed E-state index contributed by atoms with van der Waals surface area (Å²) in [4.78, 5) is 2.14. The summed E-state index contributed by atoms with van der Waals surface area (Å²) in [5.74, 6) is 0. The monoisotopic (exact) mass is 291 g/mol. The van der Waals surface area contributed by atoms with E-state index in [-0.39, 0.29) is 6.10 Å². The van der Waals surface area contributed by atoms with Crippen molar-refractivity contribution >= 4 is 0 Å². The number of hydrogen-bond acceptors (Lipinski definition) is 4. The van der Waals surface area contributed by atoms with Crippen LogP contribution >= 0.6 is 0 Å². The van der Waals surface area contributed by atoms with Gasteiger partial charge in [0.2, 0.25) is 0 Å². The highest BCUT2D eigenvalue weighted by atomic mass is 16.3. The van der Waals surface area contributed by atoms with Crippen LogP contribution in [0.25, 0.3) is 0 Å². The third kappa shape index (κ3) is 4.15. The Balaban J connectivity index is 2.14. The van der Waals surface area contributed by atoms with E-state index in [1.807, 2.05) is 37.1 Å². The summed E-state index contributed by atoms with van der Waals surface area (Å²) < 4.78 is 3.92. The predicted molar refractivity (Wildman–Crippen MR) is 81.8 cm³/mol. The zero-order valence-electron chi connectivity index (χ0n) is 13.5. The second-order valence-electron chi connectivity index (χ2n) is 5.84. The van der Waals surface area contributed by atoms with Crippen molar-refractivity contribution in [2.45, 2.75) is 54.1 Å². The molecule has 0 aliphatic heterocycles. The molecule has 0 saturated carbocycles. The molecule has 2 aromatic heterocycles. The molecule has 0 fully saturated rings. The Bertz CT molecular complexity index is 551. The van der Waals surface area contributed by atoms with Crippen LogP contribution < -0.4 is 0 Å². The molecule has 0 saturated heterocycles. The first-order chi connectivity index (χ1) is 9.85. The highest BCUT2D eigenvalue weighted by Crippen LogP contribution is 2.08. The van der Waals surface area contributed by atoms with Crippen molar-refractivity contribution in [3.05, 3.63) is 34.9 Å². The summed E-state index contributed by atoms with van der Waals surface area (Å²) in [6, 6.07) is 4.12. The summed E-state index contributed by atoms with van der Waals surface area (Å²) in [5, 5.41) is 18.7. The summed E-state index contributed by atoms with van der Waals surface area (Å²) in [6.07, 6.45) is -0.390. The van der Waals surface area contributed by atoms with Gasteiger partial charge in [-0.15, -0.1) is 0 Å². The molecule has 1 N–H and O–H groups in total. The maximum atomic E-state index is 9.73. The van der Waals surface area contributed by atoms with Crippen LogP contribution in [0, 0.1) is 27.7 Å². The minimum atomic E-state index is -0.390. The lowest BCUT2D eigenvalue weighted by Crippen LogP contribution is -2.35. The average molecular weight is 291 g/mol. The number of rotatable bonds is 6. The lowest BCUT2D eigenvalue weighted by atomic mass is 10.4. The number of aliphatic hydroxyl groups is 1. The second-order valence-corrected chi connectivity index (χ2v) is 5.84. The standard InChI is InChI=1S/C15H25N5O/c1-11-6-13(3)19(16-11)9-18(8-15(5)21)10-20-14(4)7-12(2)17-20/h6-7,15,21H,8-10H2,1-5H3. The van der Waals surface area contributed by atoms with Gasteiger partial charge in [-0.1, -0.05) is 0 Å². The number of aromatic nitrogens is 4. The Kier molecular flexibility index (Phi) is 4.80. The van der Waals surface area contributed by atoms with Crippen molar-refractivity contribution < 1.29 is 5.11 Å². The van der Waals surface area contributed by atoms with Crippen molar-refractivity contribution in [1.82, 2.24) is 24.5 Å². The van der Waals surface area contributed by atoms with Crippen molar-refractivity contribution in [1.29, 1.82) is 0 Å². The lowest BCUT2D eigenvalue weighted by molar-refractivity contribution is 0.0758. The van der Waals surface area contributed by atoms with Crippen LogP contribution in [0.3, 0.4) is 0 Å². The van der Waals surface area contributed by atoms with Crippen LogP contribution in [0.5, 0.6) is 0 Å². The first-order valence-electron chi connectivity index (χ1n) is 7.27. The molecule has 6 nitrogen and oxygen atoms in total. The number of hydrogen-bond donors (Lipinski definition) is 1. The number of aryl methyl sites for hydroxylation is 4. The van der Waals surface area contributed by atoms with E-state index in [1.54, 1.807) is 6.92 Å². The minimum Gasteiger partial charge on any atom is -0.392 e. The first kappa shape index (κ1) is 15.7. The molecule has 0 aliphatic carbocycles. The van der Waals surface area contributed by atoms with Gasteiger partial charge >= 0.3 is 0 Å². The molecule has 0 aromatic carbocycles. The van der Waals surface area contributed by atoms with Gasteiger partial charge in [-0.3, -0.25) is 14.3 Å². The van der Waals surface area contributed by atoms with Crippen LogP contribution in [-0.4, -0.2) is 42.2 Å². The van der Waals surface area contributed by atoms with E-state index in [9.17, 15) is 5.11 Å². The third-order valence-electron chi connectivity index (χ3n) is 3.40. The molecule has 0 radical (unpaired) electrons. The zero-order chi connectivity index (χ0) is 15.6. The molecule has 1 unspecified atom stereocenters. The van der Waals surface area contributed by atoms with Gasteiger partial charge in [0.1, 0.15) is 0 Å². The zero-order valence-corrected chi connectivity index (χ0v) is 13.5. The van der Waals surface area contributed by atoms with E-state index >= 15 is 0 Å². The number of aliphatic hydroxyl groups excluding tert-OH is 1. The Hall–Kier alpha value is -1.66. The van der Waals surface area contributed by atoms with Crippen LogP contribution in [-0.2, 0) is 13.3 Å². The third-order valence-corrected chi connectivity index (χ3v) is 3.40. The van der Waals surface area contributed by atoms with Gasteiger partial charge in [-0.05, 0) is 46.8 Å². The quantitative estimate of drug-likeness (QED) is 0.878. The summed E-state index contributed by atoms with van der Waals surface area (Å²) in [6.45, 7) is 11.7. The van der Waals surface area contributed by atoms with Crippen molar-refractivity contribution in [3.63, 3.8) is 0 Å². The highest BCUT2D eigenvalue weighted by molar-refractivity contribution is 5.07. The van der Waals surface area contributed by atoms with Gasteiger partial charge in [0.25, 0.3) is 0 Å². The van der Waals surface area contributed by atoms with E-state index in [1.165, 1.54) is 0 Å². The van der Waals surface area contributed by atoms with Crippen molar-refractivity contribution in [2.24, 2.45) is 0 Å². The molecule has 0 spiro atoms. The van der Waals surface area contributed by atoms with E-state index in [0.29, 0.717) is 19.9 Å². The van der Waals surface area contributed by atoms with Crippen LogP contribution in [0.4, 0.5) is 0 Å². The molecule has 2 aromatic rings. The normalized spacial score (nSPS) is 13.1. The van der Waals surface area contributed by atoms with Crippen LogP contribution in [0.1, 0.15) is 29.7 Å². The average Bonchev–Trinajstić information content (AvgIpc) is 2.81. The minimum absolute atomic E-state index is 0.390. The van der Waals surface area contributed by atoms with Gasteiger partial charge in [0, 0.05) is 17.9 Å². The maximum Gasteiger partial charge on any atom is 0.0947 e. The molecule has 2 rings (SSSR count). The van der Waals surface area contributed by atoms with E-state index in [0.717, 1.165) is 22.8 Å². The fourth-order valence-corrected chi connectivity index (χ4v) is 2.55. The summed E-state index contributed by atoms with van der Waals surface area (Å²) in [5.41, 5.74) is 4.26. The molecule has 0 aliphatic rings. The predicted octanol–water partition coefficient (Wildman–Crippen LogP) is 1.61. The number of nitrogens with zero attached hydrogens (tertiary/aromatic N) is 5. The Labute approximate surface area is 126 Å². The SMILES string of the molecule is Cc1cc(C)n(CN(CC(C)O)Cn2nc(C)cc2C)n1. The first-order valence-corrected chi connectivity index (χ1v) is 7.27. The van der Waals surface area contributed by atoms with Crippen molar-refractivity contribution in [3.8, 4) is 0 Å². The molecular weight excluding hydrogens is 266 g/mol. The summed E-state index contributed by atoms with van der Waals surface area (Å²) in [7, 11) is 0. The fourth-order valence-electron chi connectivity index (χ4n) is 2.55. The summed E-state index contributed by atoms with van der Waals surface area (Å²) >= 11 is 0. The Morgan fingerprint density at radius 1 is 1.00 bits per heavy atom. The molecule has 116 valence electrons. The molecular formula is C15H25N5O. The topological polar surface area (TPSA) is 59.1 Å². The second kappa shape index (κ2) is 6.41. The fraction of sp³-hybridized carbons (Fsp3) is 0.600. The molecule has 21 heavy (non-hydrogen) atoms. The molecule has 0 bridgehead atoms. The van der Waals surface area contributed by atoms with Gasteiger partial charge in [-0.25, -0.2) is 0 Å². The molecule has 0 amide bonds. The van der Waals surface area contributed by atoms with Gasteiger partial charge < -0.3 is 5.11 Å². The van der Waals surface area contributed by atoms with Gasteiger partial charge in [0.15, 0.2) is 0 Å². The Morgan fingerprint density at radius 2 is 1.43 bits per heavy atom. The molecule has 1 atom stereocenters. The molecule has 6 heteroatoms. The van der Waals surface area contributed by atoms with Crippen molar-refractivity contribution in [2.75, 3.05) is 6.54 Å². The van der Waals surface area contributed by atoms with Crippen LogP contribution in [0.2, 0.25) is 0 Å². The van der Waals surface area contributed by atoms with E-state index in [2.05, 4.69) is 27.2 Å². The molecule has 2 heterocycles. The lowest BCUT2D eigenvalue weighted by Gasteiger charge is -2.24. The Morgan fingerprint density at radius 3 is 1.71 bits per heavy atom. The van der Waals surface area contributed by atoms with Gasteiger partial charge in [0.05, 0.1) is 30.8 Å².